The van der Waals surface area contributed by atoms with Gasteiger partial charge in [0.1, 0.15) is 11.5 Å². The van der Waals surface area contributed by atoms with Crippen molar-refractivity contribution in [3.05, 3.63) is 24.4 Å². The van der Waals surface area contributed by atoms with E-state index in [9.17, 15) is 0 Å². The minimum Gasteiger partial charge on any atom is -0.497 e. The largest absolute Gasteiger partial charge is 0.497 e. The van der Waals surface area contributed by atoms with Crippen molar-refractivity contribution < 1.29 is 18.9 Å². The fourth-order valence-corrected chi connectivity index (χ4v) is 3.37. The van der Waals surface area contributed by atoms with Gasteiger partial charge in [0.15, 0.2) is 11.6 Å². The van der Waals surface area contributed by atoms with Gasteiger partial charge in [-0.1, -0.05) is 0 Å². The first kappa shape index (κ1) is 17.7. The van der Waals surface area contributed by atoms with E-state index in [-0.39, 0.29) is 0 Å². The summed E-state index contributed by atoms with van der Waals surface area (Å²) in [7, 11) is 3.24. The molecule has 9 nitrogen and oxygen atoms in total. The van der Waals surface area contributed by atoms with E-state index in [1.807, 2.05) is 18.2 Å². The lowest BCUT2D eigenvalue weighted by Gasteiger charge is -2.37. The second-order valence-corrected chi connectivity index (χ2v) is 6.43. The monoisotopic (exact) mass is 373 g/mol. The molecule has 2 aliphatic heterocycles. The molecule has 2 saturated heterocycles. The van der Waals surface area contributed by atoms with Gasteiger partial charge in [0.25, 0.3) is 0 Å². The van der Waals surface area contributed by atoms with Crippen LogP contribution in [0.15, 0.2) is 24.4 Å². The van der Waals surface area contributed by atoms with Crippen LogP contribution in [0.5, 0.6) is 11.5 Å². The van der Waals surface area contributed by atoms with Gasteiger partial charge >= 0.3 is 0 Å². The molecule has 144 valence electrons. The Morgan fingerprint density at radius 2 is 1.89 bits per heavy atom. The standard InChI is InChI=1S/C18H23N5O4/c1-24-13-3-4-15(25-2)14(11-13)20-16-12-19-22-17(21-16)23-7-5-18(6-8-23)26-9-10-27-18/h3-4,11-12H,5-10H2,1-2H3,(H,20,21,22). The number of nitrogens with zero attached hydrogens (tertiary/aromatic N) is 4. The topological polar surface area (TPSA) is 90.9 Å². The van der Waals surface area contributed by atoms with Crippen molar-refractivity contribution >= 4 is 17.5 Å². The molecule has 2 fully saturated rings. The van der Waals surface area contributed by atoms with Crippen molar-refractivity contribution in [1.82, 2.24) is 15.2 Å². The highest BCUT2D eigenvalue weighted by Gasteiger charge is 2.40. The maximum absolute atomic E-state index is 5.77. The lowest BCUT2D eigenvalue weighted by molar-refractivity contribution is -0.169. The molecule has 27 heavy (non-hydrogen) atoms. The molecule has 1 aromatic heterocycles. The zero-order chi connectivity index (χ0) is 18.7. The third-order valence-electron chi connectivity index (χ3n) is 4.84. The van der Waals surface area contributed by atoms with Crippen molar-refractivity contribution in [1.29, 1.82) is 0 Å². The van der Waals surface area contributed by atoms with Crippen LogP contribution in [-0.2, 0) is 9.47 Å². The quantitative estimate of drug-likeness (QED) is 0.844. The highest BCUT2D eigenvalue weighted by Crippen LogP contribution is 2.33. The molecular formula is C18H23N5O4. The fourth-order valence-electron chi connectivity index (χ4n) is 3.37. The summed E-state index contributed by atoms with van der Waals surface area (Å²) in [5.41, 5.74) is 0.744. The Balaban J connectivity index is 1.48. The van der Waals surface area contributed by atoms with E-state index in [0.717, 1.165) is 37.4 Å². The van der Waals surface area contributed by atoms with Crippen molar-refractivity contribution in [3.8, 4) is 11.5 Å². The lowest BCUT2D eigenvalue weighted by atomic mass is 10.0. The molecule has 1 N–H and O–H groups in total. The first-order valence-electron chi connectivity index (χ1n) is 8.93. The van der Waals surface area contributed by atoms with Crippen LogP contribution in [0.3, 0.4) is 0 Å². The minimum atomic E-state index is -0.423. The molecule has 0 radical (unpaired) electrons. The molecule has 2 aliphatic rings. The van der Waals surface area contributed by atoms with E-state index >= 15 is 0 Å². The summed E-state index contributed by atoms with van der Waals surface area (Å²) in [5.74, 6) is 2.15. The van der Waals surface area contributed by atoms with Crippen LogP contribution in [0.25, 0.3) is 0 Å². The maximum atomic E-state index is 5.77. The van der Waals surface area contributed by atoms with Crippen LogP contribution in [0, 0.1) is 0 Å². The zero-order valence-corrected chi connectivity index (χ0v) is 15.5. The first-order chi connectivity index (χ1) is 13.2. The van der Waals surface area contributed by atoms with Gasteiger partial charge in [-0.2, -0.15) is 10.1 Å². The Morgan fingerprint density at radius 1 is 1.11 bits per heavy atom. The van der Waals surface area contributed by atoms with E-state index in [4.69, 9.17) is 18.9 Å². The van der Waals surface area contributed by atoms with E-state index in [0.29, 0.717) is 30.7 Å². The number of rotatable bonds is 5. The van der Waals surface area contributed by atoms with Gasteiger partial charge in [0, 0.05) is 32.0 Å². The summed E-state index contributed by atoms with van der Waals surface area (Å²) in [6, 6.07) is 5.52. The van der Waals surface area contributed by atoms with Crippen molar-refractivity contribution in [2.24, 2.45) is 0 Å². The second-order valence-electron chi connectivity index (χ2n) is 6.43. The van der Waals surface area contributed by atoms with Crippen LogP contribution in [0.2, 0.25) is 0 Å². The first-order valence-corrected chi connectivity index (χ1v) is 8.93. The smallest absolute Gasteiger partial charge is 0.247 e. The summed E-state index contributed by atoms with van der Waals surface area (Å²) >= 11 is 0. The van der Waals surface area contributed by atoms with Gasteiger partial charge in [0.05, 0.1) is 39.3 Å². The van der Waals surface area contributed by atoms with E-state index < -0.39 is 5.79 Å². The summed E-state index contributed by atoms with van der Waals surface area (Å²) < 4.78 is 22.2. The van der Waals surface area contributed by atoms with E-state index in [2.05, 4.69) is 25.4 Å². The molecule has 1 spiro atoms. The Kier molecular flexibility index (Phi) is 4.95. The van der Waals surface area contributed by atoms with Crippen molar-refractivity contribution in [2.75, 3.05) is 50.7 Å². The average Bonchev–Trinajstić information content (AvgIpc) is 3.16. The molecule has 0 unspecified atom stereocenters. The molecule has 1 aromatic carbocycles. The van der Waals surface area contributed by atoms with Gasteiger partial charge in [-0.05, 0) is 12.1 Å². The fraction of sp³-hybridized carbons (Fsp3) is 0.500. The van der Waals surface area contributed by atoms with Crippen LogP contribution >= 0.6 is 0 Å². The molecule has 4 rings (SSSR count). The predicted octanol–water partition coefficient (Wildman–Crippen LogP) is 1.98. The number of hydrogen-bond acceptors (Lipinski definition) is 9. The van der Waals surface area contributed by atoms with E-state index in [1.54, 1.807) is 20.4 Å². The van der Waals surface area contributed by atoms with Gasteiger partial charge in [0.2, 0.25) is 5.95 Å². The molecule has 9 heteroatoms. The molecule has 0 saturated carbocycles. The Morgan fingerprint density at radius 3 is 2.59 bits per heavy atom. The van der Waals surface area contributed by atoms with E-state index in [1.165, 1.54) is 0 Å². The summed E-state index contributed by atoms with van der Waals surface area (Å²) in [5, 5.41) is 11.5. The van der Waals surface area contributed by atoms with Crippen LogP contribution < -0.4 is 19.7 Å². The molecular weight excluding hydrogens is 350 g/mol. The van der Waals surface area contributed by atoms with Gasteiger partial charge in [-0.3, -0.25) is 0 Å². The summed E-state index contributed by atoms with van der Waals surface area (Å²) in [4.78, 5) is 6.70. The molecule has 3 heterocycles. The normalized spacial score (nSPS) is 18.5. The number of anilines is 3. The number of ether oxygens (including phenoxy) is 4. The van der Waals surface area contributed by atoms with Crippen molar-refractivity contribution in [3.63, 3.8) is 0 Å². The Labute approximate surface area is 157 Å². The SMILES string of the molecule is COc1ccc(OC)c(Nc2cnnc(N3CCC4(CC3)OCCO4)n2)c1. The Hall–Kier alpha value is -2.65. The van der Waals surface area contributed by atoms with Crippen LogP contribution in [-0.4, -0.2) is 61.5 Å². The molecule has 0 aliphatic carbocycles. The third-order valence-corrected chi connectivity index (χ3v) is 4.84. The van der Waals surface area contributed by atoms with Gasteiger partial charge in [-0.25, -0.2) is 0 Å². The summed E-state index contributed by atoms with van der Waals surface area (Å²) in [6.45, 7) is 2.85. The highest BCUT2D eigenvalue weighted by molar-refractivity contribution is 5.66. The maximum Gasteiger partial charge on any atom is 0.247 e. The van der Waals surface area contributed by atoms with Gasteiger partial charge < -0.3 is 29.2 Å². The number of hydrogen-bond donors (Lipinski definition) is 1. The predicted molar refractivity (Wildman–Crippen MR) is 98.7 cm³/mol. The average molecular weight is 373 g/mol. The number of aromatic nitrogens is 3. The number of methoxy groups -OCH3 is 2. The number of nitrogens with one attached hydrogen (secondary N) is 1. The summed E-state index contributed by atoms with van der Waals surface area (Å²) in [6.07, 6.45) is 3.16. The molecule has 0 amide bonds. The highest BCUT2D eigenvalue weighted by atomic mass is 16.7. The van der Waals surface area contributed by atoms with Crippen LogP contribution in [0.1, 0.15) is 12.8 Å². The molecule has 0 atom stereocenters. The lowest BCUT2D eigenvalue weighted by Crippen LogP contribution is -2.45. The number of benzene rings is 1. The van der Waals surface area contributed by atoms with Gasteiger partial charge in [-0.15, -0.1) is 5.10 Å². The molecule has 0 bridgehead atoms. The minimum absolute atomic E-state index is 0.423. The third kappa shape index (κ3) is 3.74. The zero-order valence-electron chi connectivity index (χ0n) is 15.5. The number of piperidine rings is 1. The van der Waals surface area contributed by atoms with Crippen molar-refractivity contribution in [2.45, 2.75) is 18.6 Å². The second kappa shape index (κ2) is 7.53. The molecule has 2 aromatic rings. The Bertz CT molecular complexity index is 787. The van der Waals surface area contributed by atoms with Crippen LogP contribution in [0.4, 0.5) is 17.5 Å².